The Morgan fingerprint density at radius 3 is 3.00 bits per heavy atom. The van der Waals surface area contributed by atoms with E-state index >= 15 is 0 Å². The SMILES string of the molecule is N#CCn1c(=O)oc2ccc(CO)cc21. The highest BCUT2D eigenvalue weighted by atomic mass is 16.4. The first kappa shape index (κ1) is 9.49. The minimum Gasteiger partial charge on any atom is -0.408 e. The molecule has 0 aliphatic heterocycles. The van der Waals surface area contributed by atoms with Gasteiger partial charge in [0.05, 0.1) is 18.2 Å². The molecule has 0 aliphatic rings. The van der Waals surface area contributed by atoms with Crippen LogP contribution in [-0.4, -0.2) is 9.67 Å². The molecule has 1 aromatic heterocycles. The van der Waals surface area contributed by atoms with Crippen LogP contribution < -0.4 is 5.76 Å². The van der Waals surface area contributed by atoms with Crippen LogP contribution in [0.2, 0.25) is 0 Å². The minimum absolute atomic E-state index is 0.0548. The van der Waals surface area contributed by atoms with Gasteiger partial charge in [-0.25, -0.2) is 4.79 Å². The lowest BCUT2D eigenvalue weighted by Gasteiger charge is -1.97. The van der Waals surface area contributed by atoms with Gasteiger partial charge in [0.15, 0.2) is 5.58 Å². The second-order valence-electron chi connectivity index (χ2n) is 3.07. The molecule has 0 unspecified atom stereocenters. The number of hydrogen-bond acceptors (Lipinski definition) is 4. The molecule has 0 saturated carbocycles. The summed E-state index contributed by atoms with van der Waals surface area (Å²) in [5, 5.41) is 17.5. The number of aromatic nitrogens is 1. The molecule has 2 aromatic rings. The van der Waals surface area contributed by atoms with Crippen LogP contribution in [0.4, 0.5) is 0 Å². The zero-order valence-corrected chi connectivity index (χ0v) is 7.80. The van der Waals surface area contributed by atoms with E-state index < -0.39 is 5.76 Å². The van der Waals surface area contributed by atoms with Crippen molar-refractivity contribution in [2.45, 2.75) is 13.2 Å². The van der Waals surface area contributed by atoms with Gasteiger partial charge in [-0.2, -0.15) is 5.26 Å². The van der Waals surface area contributed by atoms with Crippen molar-refractivity contribution < 1.29 is 9.52 Å². The van der Waals surface area contributed by atoms with E-state index in [4.69, 9.17) is 14.8 Å². The summed E-state index contributed by atoms with van der Waals surface area (Å²) >= 11 is 0. The first-order valence-electron chi connectivity index (χ1n) is 4.36. The molecule has 0 aliphatic carbocycles. The molecule has 0 fully saturated rings. The lowest BCUT2D eigenvalue weighted by atomic mass is 10.2. The van der Waals surface area contributed by atoms with Gasteiger partial charge in [0.1, 0.15) is 6.54 Å². The molecule has 76 valence electrons. The molecular weight excluding hydrogens is 196 g/mol. The highest BCUT2D eigenvalue weighted by Gasteiger charge is 2.08. The van der Waals surface area contributed by atoms with E-state index in [0.717, 1.165) is 0 Å². The van der Waals surface area contributed by atoms with Gasteiger partial charge in [0, 0.05) is 0 Å². The van der Waals surface area contributed by atoms with Crippen molar-refractivity contribution in [1.29, 1.82) is 5.26 Å². The van der Waals surface area contributed by atoms with Crippen molar-refractivity contribution in [1.82, 2.24) is 4.57 Å². The molecule has 5 nitrogen and oxygen atoms in total. The number of aliphatic hydroxyl groups is 1. The van der Waals surface area contributed by atoms with Crippen LogP contribution in [0.25, 0.3) is 11.1 Å². The van der Waals surface area contributed by atoms with Crippen molar-refractivity contribution in [2.75, 3.05) is 0 Å². The van der Waals surface area contributed by atoms with Crippen molar-refractivity contribution in [3.8, 4) is 6.07 Å². The lowest BCUT2D eigenvalue weighted by Crippen LogP contribution is -2.12. The number of nitrogens with zero attached hydrogens (tertiary/aromatic N) is 2. The predicted molar refractivity (Wildman–Crippen MR) is 52.0 cm³/mol. The fourth-order valence-corrected chi connectivity index (χ4v) is 1.43. The Balaban J connectivity index is 2.73. The third-order valence-electron chi connectivity index (χ3n) is 2.14. The van der Waals surface area contributed by atoms with Gasteiger partial charge >= 0.3 is 5.76 Å². The van der Waals surface area contributed by atoms with E-state index in [0.29, 0.717) is 16.7 Å². The molecule has 0 amide bonds. The molecule has 1 aromatic carbocycles. The number of fused-ring (bicyclic) bond motifs is 1. The number of hydrogen-bond donors (Lipinski definition) is 1. The standard InChI is InChI=1S/C10H8N2O3/c11-3-4-12-8-5-7(6-13)1-2-9(8)15-10(12)14/h1-2,5,13H,4,6H2. The number of aliphatic hydroxyl groups excluding tert-OH is 1. The molecule has 15 heavy (non-hydrogen) atoms. The van der Waals surface area contributed by atoms with Gasteiger partial charge < -0.3 is 9.52 Å². The number of oxazole rings is 1. The highest BCUT2D eigenvalue weighted by Crippen LogP contribution is 2.14. The van der Waals surface area contributed by atoms with Crippen LogP contribution in [0.1, 0.15) is 5.56 Å². The van der Waals surface area contributed by atoms with Gasteiger partial charge in [-0.3, -0.25) is 4.57 Å². The summed E-state index contributed by atoms with van der Waals surface area (Å²) in [7, 11) is 0. The summed E-state index contributed by atoms with van der Waals surface area (Å²) in [5.74, 6) is -0.554. The lowest BCUT2D eigenvalue weighted by molar-refractivity contribution is 0.282. The van der Waals surface area contributed by atoms with Crippen molar-refractivity contribution >= 4 is 11.1 Å². The summed E-state index contributed by atoms with van der Waals surface area (Å²) in [6.45, 7) is -0.164. The molecule has 2 rings (SSSR count). The van der Waals surface area contributed by atoms with E-state index in [9.17, 15) is 4.79 Å². The average molecular weight is 204 g/mol. The Hall–Kier alpha value is -2.06. The first-order chi connectivity index (χ1) is 7.26. The third kappa shape index (κ3) is 1.51. The molecular formula is C10H8N2O3. The van der Waals surface area contributed by atoms with Crippen LogP contribution in [-0.2, 0) is 13.2 Å². The summed E-state index contributed by atoms with van der Waals surface area (Å²) in [4.78, 5) is 11.3. The molecule has 1 heterocycles. The fourth-order valence-electron chi connectivity index (χ4n) is 1.43. The molecule has 0 radical (unpaired) electrons. The Morgan fingerprint density at radius 2 is 2.33 bits per heavy atom. The summed E-state index contributed by atoms with van der Waals surface area (Å²) in [6.07, 6.45) is 0. The Morgan fingerprint density at radius 1 is 1.53 bits per heavy atom. The first-order valence-corrected chi connectivity index (χ1v) is 4.36. The van der Waals surface area contributed by atoms with Gasteiger partial charge in [-0.15, -0.1) is 0 Å². The molecule has 0 atom stereocenters. The number of nitriles is 1. The predicted octanol–water partition coefficient (Wildman–Crippen LogP) is 0.610. The normalized spacial score (nSPS) is 10.4. The molecule has 5 heteroatoms. The van der Waals surface area contributed by atoms with E-state index in [1.165, 1.54) is 4.57 Å². The van der Waals surface area contributed by atoms with Crippen molar-refractivity contribution in [3.05, 3.63) is 34.3 Å². The van der Waals surface area contributed by atoms with E-state index in [2.05, 4.69) is 0 Å². The van der Waals surface area contributed by atoms with Crippen LogP contribution >= 0.6 is 0 Å². The maximum atomic E-state index is 11.3. The quantitative estimate of drug-likeness (QED) is 0.777. The van der Waals surface area contributed by atoms with Crippen molar-refractivity contribution in [2.24, 2.45) is 0 Å². The van der Waals surface area contributed by atoms with Gasteiger partial charge in [-0.05, 0) is 17.7 Å². The van der Waals surface area contributed by atoms with Crippen LogP contribution in [0.15, 0.2) is 27.4 Å². The van der Waals surface area contributed by atoms with Crippen LogP contribution in [0.5, 0.6) is 0 Å². The van der Waals surface area contributed by atoms with Crippen LogP contribution in [0, 0.1) is 11.3 Å². The minimum atomic E-state index is -0.554. The molecule has 1 N–H and O–H groups in total. The molecule has 0 bridgehead atoms. The second kappa shape index (κ2) is 3.59. The maximum Gasteiger partial charge on any atom is 0.420 e. The van der Waals surface area contributed by atoms with E-state index in [1.807, 2.05) is 6.07 Å². The van der Waals surface area contributed by atoms with E-state index in [-0.39, 0.29) is 13.2 Å². The smallest absolute Gasteiger partial charge is 0.408 e. The second-order valence-corrected chi connectivity index (χ2v) is 3.07. The fraction of sp³-hybridized carbons (Fsp3) is 0.200. The topological polar surface area (TPSA) is 79.2 Å². The largest absolute Gasteiger partial charge is 0.420 e. The Kier molecular flexibility index (Phi) is 2.27. The summed E-state index contributed by atoms with van der Waals surface area (Å²) in [5.41, 5.74) is 1.63. The monoisotopic (exact) mass is 204 g/mol. The Bertz CT molecular complexity index is 589. The molecule has 0 spiro atoms. The van der Waals surface area contributed by atoms with Gasteiger partial charge in [0.2, 0.25) is 0 Å². The van der Waals surface area contributed by atoms with Gasteiger partial charge in [-0.1, -0.05) is 6.07 Å². The number of rotatable bonds is 2. The van der Waals surface area contributed by atoms with Crippen molar-refractivity contribution in [3.63, 3.8) is 0 Å². The van der Waals surface area contributed by atoms with E-state index in [1.54, 1.807) is 18.2 Å². The molecule has 0 saturated heterocycles. The average Bonchev–Trinajstić information content (AvgIpc) is 2.55. The van der Waals surface area contributed by atoms with Gasteiger partial charge in [0.25, 0.3) is 0 Å². The summed E-state index contributed by atoms with van der Waals surface area (Å²) < 4.78 is 6.16. The summed E-state index contributed by atoms with van der Waals surface area (Å²) in [6, 6.07) is 6.79. The zero-order chi connectivity index (χ0) is 10.8. The maximum absolute atomic E-state index is 11.3. The Labute approximate surface area is 84.8 Å². The zero-order valence-electron chi connectivity index (χ0n) is 7.80. The highest BCUT2D eigenvalue weighted by molar-refractivity contribution is 5.73. The van der Waals surface area contributed by atoms with Crippen LogP contribution in [0.3, 0.4) is 0 Å². The number of benzene rings is 1. The third-order valence-corrected chi connectivity index (χ3v) is 2.14.